The summed E-state index contributed by atoms with van der Waals surface area (Å²) in [6.45, 7) is 10.9. The number of carbonyl (C=O) groups excluding carboxylic acids is 1. The third-order valence-corrected chi connectivity index (χ3v) is 4.91. The van der Waals surface area contributed by atoms with Gasteiger partial charge in [0.1, 0.15) is 6.61 Å². The molecule has 0 aliphatic heterocycles. The zero-order valence-electron chi connectivity index (χ0n) is 11.3. The van der Waals surface area contributed by atoms with Gasteiger partial charge in [0.2, 0.25) is 0 Å². The molecule has 0 aromatic heterocycles. The Morgan fingerprint density at radius 1 is 1.31 bits per heavy atom. The van der Waals surface area contributed by atoms with Crippen molar-refractivity contribution in [3.8, 4) is 0 Å². The number of carbonyl (C=O) groups is 1. The fourth-order valence-electron chi connectivity index (χ4n) is 3.73. The Hall–Kier alpha value is -0.370. The van der Waals surface area contributed by atoms with Crippen molar-refractivity contribution in [2.75, 3.05) is 6.61 Å². The van der Waals surface area contributed by atoms with Crippen molar-refractivity contribution in [2.45, 2.75) is 47.5 Å². The highest BCUT2D eigenvalue weighted by Crippen LogP contribution is 2.55. The van der Waals surface area contributed by atoms with Crippen LogP contribution < -0.4 is 0 Å². The van der Waals surface area contributed by atoms with E-state index in [-0.39, 0.29) is 23.7 Å². The molecule has 1 fully saturated rings. The first-order valence-electron chi connectivity index (χ1n) is 6.49. The molecule has 94 valence electrons. The molecule has 1 aliphatic rings. The van der Waals surface area contributed by atoms with Crippen LogP contribution in [0.3, 0.4) is 0 Å². The highest BCUT2D eigenvalue weighted by Gasteiger charge is 2.51. The number of ketones is 1. The van der Waals surface area contributed by atoms with Crippen LogP contribution in [0.5, 0.6) is 0 Å². The van der Waals surface area contributed by atoms with Crippen molar-refractivity contribution in [2.24, 2.45) is 29.1 Å². The van der Waals surface area contributed by atoms with Crippen molar-refractivity contribution in [1.29, 1.82) is 0 Å². The summed E-state index contributed by atoms with van der Waals surface area (Å²) in [5.74, 6) is 1.81. The molecule has 1 saturated carbocycles. The van der Waals surface area contributed by atoms with E-state index in [1.54, 1.807) is 0 Å². The first-order chi connectivity index (χ1) is 7.35. The lowest BCUT2D eigenvalue weighted by Crippen LogP contribution is -2.40. The van der Waals surface area contributed by atoms with Crippen molar-refractivity contribution in [3.05, 3.63) is 0 Å². The van der Waals surface area contributed by atoms with E-state index >= 15 is 0 Å². The van der Waals surface area contributed by atoms with Gasteiger partial charge in [-0.1, -0.05) is 34.6 Å². The lowest BCUT2D eigenvalue weighted by molar-refractivity contribution is -0.131. The smallest absolute Gasteiger partial charge is 0.161 e. The maximum atomic E-state index is 11.9. The van der Waals surface area contributed by atoms with E-state index in [0.29, 0.717) is 17.8 Å². The van der Waals surface area contributed by atoms with E-state index in [0.717, 1.165) is 12.8 Å². The Balaban J connectivity index is 3.02. The lowest BCUT2D eigenvalue weighted by Gasteiger charge is -2.42. The van der Waals surface area contributed by atoms with Crippen LogP contribution in [0, 0.1) is 29.1 Å². The molecule has 0 bridgehead atoms. The Bertz CT molecular complexity index is 257. The maximum absolute atomic E-state index is 11.9. The fourth-order valence-corrected chi connectivity index (χ4v) is 3.73. The minimum Gasteiger partial charge on any atom is -0.389 e. The Morgan fingerprint density at radius 2 is 1.88 bits per heavy atom. The van der Waals surface area contributed by atoms with E-state index < -0.39 is 0 Å². The monoisotopic (exact) mass is 226 g/mol. The number of aliphatic hydroxyl groups excluding tert-OH is 1. The SMILES string of the molecule is CC(C)C1CC[C@H](C(=O)CO)[C@@]1(C)C(C)C. The summed E-state index contributed by atoms with van der Waals surface area (Å²) in [5.41, 5.74) is 0.0635. The number of hydrogen-bond acceptors (Lipinski definition) is 2. The van der Waals surface area contributed by atoms with Gasteiger partial charge in [-0.3, -0.25) is 4.79 Å². The summed E-state index contributed by atoms with van der Waals surface area (Å²) in [6, 6.07) is 0. The van der Waals surface area contributed by atoms with Gasteiger partial charge in [0.15, 0.2) is 5.78 Å². The highest BCUT2D eigenvalue weighted by molar-refractivity contribution is 5.83. The average molecular weight is 226 g/mol. The number of hydrogen-bond donors (Lipinski definition) is 1. The highest BCUT2D eigenvalue weighted by atomic mass is 16.3. The van der Waals surface area contributed by atoms with E-state index in [1.165, 1.54) is 0 Å². The Kier molecular flexibility index (Phi) is 4.17. The summed E-state index contributed by atoms with van der Waals surface area (Å²) in [7, 11) is 0. The molecule has 16 heavy (non-hydrogen) atoms. The van der Waals surface area contributed by atoms with Gasteiger partial charge < -0.3 is 5.11 Å². The summed E-state index contributed by atoms with van der Waals surface area (Å²) >= 11 is 0. The summed E-state index contributed by atoms with van der Waals surface area (Å²) in [6.07, 6.45) is 2.08. The van der Waals surface area contributed by atoms with Crippen LogP contribution in [0.15, 0.2) is 0 Å². The van der Waals surface area contributed by atoms with Crippen LogP contribution in [-0.4, -0.2) is 17.5 Å². The molecule has 0 spiro atoms. The van der Waals surface area contributed by atoms with Gasteiger partial charge in [0.05, 0.1) is 0 Å². The molecule has 0 aromatic carbocycles. The molecule has 0 aromatic rings. The first kappa shape index (κ1) is 13.7. The summed E-state index contributed by atoms with van der Waals surface area (Å²) in [5, 5.41) is 9.08. The van der Waals surface area contributed by atoms with Crippen molar-refractivity contribution >= 4 is 5.78 Å². The van der Waals surface area contributed by atoms with Gasteiger partial charge in [-0.05, 0) is 36.0 Å². The molecular formula is C14H26O2. The number of aliphatic hydroxyl groups is 1. The molecule has 1 unspecified atom stereocenters. The molecule has 3 atom stereocenters. The zero-order valence-corrected chi connectivity index (χ0v) is 11.3. The second-order valence-electron chi connectivity index (χ2n) is 6.13. The van der Waals surface area contributed by atoms with Gasteiger partial charge in [-0.15, -0.1) is 0 Å². The summed E-state index contributed by atoms with van der Waals surface area (Å²) < 4.78 is 0. The van der Waals surface area contributed by atoms with Gasteiger partial charge in [0.25, 0.3) is 0 Å². The maximum Gasteiger partial charge on any atom is 0.161 e. The minimum atomic E-state index is -0.294. The van der Waals surface area contributed by atoms with Crippen LogP contribution >= 0.6 is 0 Å². The first-order valence-corrected chi connectivity index (χ1v) is 6.49. The van der Waals surface area contributed by atoms with Crippen molar-refractivity contribution in [3.63, 3.8) is 0 Å². The second kappa shape index (κ2) is 4.87. The quantitative estimate of drug-likeness (QED) is 0.800. The molecule has 2 heteroatoms. The molecule has 0 radical (unpaired) electrons. The van der Waals surface area contributed by atoms with Gasteiger partial charge in [0, 0.05) is 5.92 Å². The predicted molar refractivity (Wildman–Crippen MR) is 66.1 cm³/mol. The number of rotatable bonds is 4. The molecular weight excluding hydrogens is 200 g/mol. The summed E-state index contributed by atoms with van der Waals surface area (Å²) in [4.78, 5) is 11.9. The van der Waals surface area contributed by atoms with Crippen molar-refractivity contribution < 1.29 is 9.90 Å². The van der Waals surface area contributed by atoms with Crippen LogP contribution in [0.25, 0.3) is 0 Å². The Labute approximate surface area is 99.4 Å². The predicted octanol–water partition coefficient (Wildman–Crippen LogP) is 2.89. The third-order valence-electron chi connectivity index (χ3n) is 4.91. The molecule has 1 N–H and O–H groups in total. The van der Waals surface area contributed by atoms with E-state index in [4.69, 9.17) is 5.11 Å². The molecule has 1 aliphatic carbocycles. The van der Waals surface area contributed by atoms with Crippen molar-refractivity contribution in [1.82, 2.24) is 0 Å². The topological polar surface area (TPSA) is 37.3 Å². The van der Waals surface area contributed by atoms with Gasteiger partial charge >= 0.3 is 0 Å². The molecule has 2 nitrogen and oxygen atoms in total. The van der Waals surface area contributed by atoms with Crippen LogP contribution in [0.1, 0.15) is 47.5 Å². The van der Waals surface area contributed by atoms with E-state index in [1.807, 2.05) is 0 Å². The van der Waals surface area contributed by atoms with Crippen LogP contribution in [0.2, 0.25) is 0 Å². The zero-order chi connectivity index (χ0) is 12.5. The molecule has 0 heterocycles. The largest absolute Gasteiger partial charge is 0.389 e. The molecule has 0 amide bonds. The number of Topliss-reactive ketones (excluding diaryl/α,β-unsaturated/α-hetero) is 1. The van der Waals surface area contributed by atoms with Gasteiger partial charge in [-0.2, -0.15) is 0 Å². The second-order valence-corrected chi connectivity index (χ2v) is 6.13. The fraction of sp³-hybridized carbons (Fsp3) is 0.929. The standard InChI is InChI=1S/C14H26O2/c1-9(2)11-6-7-12(13(16)8-15)14(11,5)10(3)4/h9-12,15H,6-8H2,1-5H3/t11?,12-,14+/m1/s1. The van der Waals surface area contributed by atoms with E-state index in [2.05, 4.69) is 34.6 Å². The normalized spacial score (nSPS) is 35.0. The van der Waals surface area contributed by atoms with Gasteiger partial charge in [-0.25, -0.2) is 0 Å². The van der Waals surface area contributed by atoms with Crippen LogP contribution in [0.4, 0.5) is 0 Å². The molecule has 1 rings (SSSR count). The average Bonchev–Trinajstić information content (AvgIpc) is 2.56. The Morgan fingerprint density at radius 3 is 2.25 bits per heavy atom. The van der Waals surface area contributed by atoms with Crippen LogP contribution in [-0.2, 0) is 4.79 Å². The lowest BCUT2D eigenvalue weighted by atomic mass is 9.62. The molecule has 0 saturated heterocycles. The van der Waals surface area contributed by atoms with E-state index in [9.17, 15) is 4.79 Å². The third kappa shape index (κ3) is 2.04. The minimum absolute atomic E-state index is 0.0411.